The van der Waals surface area contributed by atoms with Crippen molar-refractivity contribution >= 4 is 0 Å². The zero-order chi connectivity index (χ0) is 25.1. The van der Waals surface area contributed by atoms with Gasteiger partial charge in [-0.15, -0.1) is 0 Å². The minimum absolute atomic E-state index is 0.109. The summed E-state index contributed by atoms with van der Waals surface area (Å²) in [4.78, 5) is 2.43. The number of aromatic hydroxyl groups is 1. The topological polar surface area (TPSA) is 41.9 Å². The van der Waals surface area contributed by atoms with Crippen LogP contribution in [0.25, 0.3) is 0 Å². The van der Waals surface area contributed by atoms with Crippen molar-refractivity contribution in [1.82, 2.24) is 4.90 Å². The molecule has 36 heavy (non-hydrogen) atoms. The minimum Gasteiger partial charge on any atom is -0.508 e. The van der Waals surface area contributed by atoms with E-state index >= 15 is 0 Å². The summed E-state index contributed by atoms with van der Waals surface area (Å²) in [7, 11) is 0. The van der Waals surface area contributed by atoms with E-state index in [0.717, 1.165) is 54.2 Å². The van der Waals surface area contributed by atoms with Crippen LogP contribution in [0.3, 0.4) is 0 Å². The largest absolute Gasteiger partial charge is 0.508 e. The van der Waals surface area contributed by atoms with Crippen molar-refractivity contribution in [1.29, 1.82) is 0 Å². The molecule has 3 aromatic rings. The van der Waals surface area contributed by atoms with Crippen molar-refractivity contribution in [3.05, 3.63) is 89.0 Å². The summed E-state index contributed by atoms with van der Waals surface area (Å²) >= 11 is 0. The Bertz CT molecular complexity index is 1160. The van der Waals surface area contributed by atoms with Crippen LogP contribution < -0.4 is 9.47 Å². The van der Waals surface area contributed by atoms with E-state index in [4.69, 9.17) is 9.47 Å². The molecule has 7 heteroatoms. The quantitative estimate of drug-likeness (QED) is 0.418. The van der Waals surface area contributed by atoms with Crippen LogP contribution in [-0.4, -0.2) is 42.9 Å². The Labute approximate surface area is 209 Å². The molecule has 4 nitrogen and oxygen atoms in total. The summed E-state index contributed by atoms with van der Waals surface area (Å²) < 4.78 is 51.3. The molecule has 0 amide bonds. The molecule has 5 rings (SSSR count). The average Bonchev–Trinajstić information content (AvgIpc) is 2.89. The van der Waals surface area contributed by atoms with Crippen LogP contribution in [0.2, 0.25) is 0 Å². The van der Waals surface area contributed by atoms with Gasteiger partial charge in [0, 0.05) is 30.0 Å². The van der Waals surface area contributed by atoms with E-state index in [0.29, 0.717) is 19.0 Å². The molecule has 0 radical (unpaired) electrons. The molecule has 1 N–H and O–H groups in total. The summed E-state index contributed by atoms with van der Waals surface area (Å²) in [6, 6.07) is 18.3. The summed E-state index contributed by atoms with van der Waals surface area (Å²) in [6.07, 6.45) is -0.575. The van der Waals surface area contributed by atoms with Gasteiger partial charge in [0.25, 0.3) is 0 Å². The van der Waals surface area contributed by atoms with Gasteiger partial charge in [-0.25, -0.2) is 0 Å². The molecule has 0 unspecified atom stereocenters. The number of phenolic OH excluding ortho intramolecular Hbond substituents is 1. The molecule has 0 aliphatic carbocycles. The number of nitrogens with zero attached hydrogens (tertiary/aromatic N) is 1. The number of halogens is 3. The molecule has 3 aromatic carbocycles. The van der Waals surface area contributed by atoms with E-state index in [9.17, 15) is 18.3 Å². The van der Waals surface area contributed by atoms with E-state index < -0.39 is 11.7 Å². The zero-order valence-electron chi connectivity index (χ0n) is 20.0. The Hall–Kier alpha value is -3.19. The lowest BCUT2D eigenvalue weighted by Gasteiger charge is -2.34. The van der Waals surface area contributed by atoms with Crippen LogP contribution in [0, 0.1) is 0 Å². The first-order valence-corrected chi connectivity index (χ1v) is 12.5. The van der Waals surface area contributed by atoms with Crippen molar-refractivity contribution in [3.8, 4) is 17.2 Å². The van der Waals surface area contributed by atoms with Crippen molar-refractivity contribution in [2.45, 2.75) is 37.3 Å². The highest BCUT2D eigenvalue weighted by Gasteiger charge is 2.35. The maximum atomic E-state index is 13.1. The molecule has 2 heterocycles. The molecule has 0 aromatic heterocycles. The molecule has 190 valence electrons. The monoisotopic (exact) mass is 497 g/mol. The van der Waals surface area contributed by atoms with Gasteiger partial charge in [0.1, 0.15) is 23.9 Å². The zero-order valence-corrected chi connectivity index (χ0v) is 20.0. The maximum absolute atomic E-state index is 13.1. The number of fused-ring (bicyclic) bond motifs is 1. The second-order valence-electron chi connectivity index (χ2n) is 9.56. The van der Waals surface area contributed by atoms with Gasteiger partial charge in [0.05, 0.1) is 12.2 Å². The third-order valence-corrected chi connectivity index (χ3v) is 7.18. The van der Waals surface area contributed by atoms with Crippen molar-refractivity contribution in [2.24, 2.45) is 0 Å². The average molecular weight is 498 g/mol. The molecule has 2 aliphatic rings. The number of hydrogen-bond acceptors (Lipinski definition) is 4. The molecule has 0 bridgehead atoms. The molecular formula is C29H30F3NO3. The van der Waals surface area contributed by atoms with Gasteiger partial charge in [0.2, 0.25) is 0 Å². The summed E-state index contributed by atoms with van der Waals surface area (Å²) in [6.45, 7) is 4.10. The van der Waals surface area contributed by atoms with E-state index in [1.165, 1.54) is 31.4 Å². The standard InChI is InChI=1S/C29H30F3NO3/c30-29(31,32)22-8-4-20(5-9-22)26-19-36-27-18-23(34)10-13-25(27)28(26)21-6-11-24(12-7-21)35-17-16-33-14-2-1-3-15-33/h4-13,18,26,28,34H,1-3,14-17,19H2/t26-,28-/m0/s1. The number of ether oxygens (including phenoxy) is 2. The Balaban J connectivity index is 1.37. The summed E-state index contributed by atoms with van der Waals surface area (Å²) in [5, 5.41) is 9.94. The first kappa shape index (κ1) is 24.5. The number of piperidine rings is 1. The lowest BCUT2D eigenvalue weighted by Crippen LogP contribution is -2.33. The molecule has 0 spiro atoms. The Kier molecular flexibility index (Phi) is 7.10. The smallest absolute Gasteiger partial charge is 0.416 e. The maximum Gasteiger partial charge on any atom is 0.416 e. The van der Waals surface area contributed by atoms with Gasteiger partial charge < -0.3 is 14.6 Å². The van der Waals surface area contributed by atoms with Crippen LogP contribution >= 0.6 is 0 Å². The van der Waals surface area contributed by atoms with Crippen LogP contribution in [-0.2, 0) is 6.18 Å². The fourth-order valence-corrected chi connectivity index (χ4v) is 5.26. The highest BCUT2D eigenvalue weighted by Crippen LogP contribution is 2.47. The second kappa shape index (κ2) is 10.4. The van der Waals surface area contributed by atoms with E-state index in [1.807, 2.05) is 30.3 Å². The first-order chi connectivity index (χ1) is 17.4. The highest BCUT2D eigenvalue weighted by atomic mass is 19.4. The van der Waals surface area contributed by atoms with Gasteiger partial charge >= 0.3 is 6.18 Å². The molecule has 0 saturated carbocycles. The fraction of sp³-hybridized carbons (Fsp3) is 0.379. The number of phenols is 1. The number of benzene rings is 3. The lowest BCUT2D eigenvalue weighted by atomic mass is 9.75. The van der Waals surface area contributed by atoms with Crippen LogP contribution in [0.1, 0.15) is 53.4 Å². The van der Waals surface area contributed by atoms with Crippen LogP contribution in [0.15, 0.2) is 66.7 Å². The summed E-state index contributed by atoms with van der Waals surface area (Å²) in [5.41, 5.74) is 2.01. The van der Waals surface area contributed by atoms with Crippen LogP contribution in [0.5, 0.6) is 17.2 Å². The van der Waals surface area contributed by atoms with Crippen LogP contribution in [0.4, 0.5) is 13.2 Å². The Morgan fingerprint density at radius 2 is 1.58 bits per heavy atom. The van der Waals surface area contributed by atoms with Crippen molar-refractivity contribution in [3.63, 3.8) is 0 Å². The van der Waals surface area contributed by atoms with Gasteiger partial charge in [-0.1, -0.05) is 36.8 Å². The van der Waals surface area contributed by atoms with Gasteiger partial charge in [-0.2, -0.15) is 13.2 Å². The molecule has 2 atom stereocenters. The molecular weight excluding hydrogens is 467 g/mol. The first-order valence-electron chi connectivity index (χ1n) is 12.5. The number of hydrogen-bond donors (Lipinski definition) is 1. The lowest BCUT2D eigenvalue weighted by molar-refractivity contribution is -0.137. The predicted molar refractivity (Wildman–Crippen MR) is 132 cm³/mol. The molecule has 2 aliphatic heterocycles. The number of alkyl halides is 3. The fourth-order valence-electron chi connectivity index (χ4n) is 5.26. The normalized spacial score (nSPS) is 20.4. The Morgan fingerprint density at radius 1 is 0.889 bits per heavy atom. The van der Waals surface area contributed by atoms with Gasteiger partial charge in [0.15, 0.2) is 0 Å². The second-order valence-corrected chi connectivity index (χ2v) is 9.56. The van der Waals surface area contributed by atoms with E-state index in [2.05, 4.69) is 4.90 Å². The van der Waals surface area contributed by atoms with Gasteiger partial charge in [-0.3, -0.25) is 4.90 Å². The van der Waals surface area contributed by atoms with E-state index in [-0.39, 0.29) is 17.6 Å². The minimum atomic E-state index is -4.38. The highest BCUT2D eigenvalue weighted by molar-refractivity contribution is 5.51. The third-order valence-electron chi connectivity index (χ3n) is 7.18. The SMILES string of the molecule is Oc1ccc2c(c1)OC[C@@H](c1ccc(C(F)(F)F)cc1)[C@H]2c1ccc(OCCN2CCCCC2)cc1. The Morgan fingerprint density at radius 3 is 2.28 bits per heavy atom. The van der Waals surface area contributed by atoms with Gasteiger partial charge in [-0.05, 0) is 67.4 Å². The number of likely N-dealkylation sites (tertiary alicyclic amines) is 1. The van der Waals surface area contributed by atoms with Crippen molar-refractivity contribution < 1.29 is 27.8 Å². The van der Waals surface area contributed by atoms with Crippen molar-refractivity contribution in [2.75, 3.05) is 32.8 Å². The number of rotatable bonds is 6. The summed E-state index contributed by atoms with van der Waals surface area (Å²) in [5.74, 6) is 1.16. The third kappa shape index (κ3) is 5.46. The molecule has 1 saturated heterocycles. The van der Waals surface area contributed by atoms with E-state index in [1.54, 1.807) is 12.1 Å². The predicted octanol–water partition coefficient (Wildman–Crippen LogP) is 6.58. The molecule has 1 fully saturated rings.